The number of carbonyl (C=O) groups excluding carboxylic acids is 1. The standard InChI is InChI=1S/C23H18FN3O2S2/c24-18-10-8-16(9-11-18)14-29-19-5-3-4-17(12-19)13-25-27-22(28)15-30-23-26-20-6-1-2-7-21(20)31-23/h1-13H,14-15H2,(H,27,28)/b25-13+. The summed E-state index contributed by atoms with van der Waals surface area (Å²) in [6.07, 6.45) is 1.56. The van der Waals surface area contributed by atoms with Gasteiger partial charge in [0.2, 0.25) is 0 Å². The molecule has 0 saturated carbocycles. The first-order valence-electron chi connectivity index (χ1n) is 9.43. The fourth-order valence-corrected chi connectivity index (χ4v) is 4.54. The Kier molecular flexibility index (Phi) is 6.91. The Hall–Kier alpha value is -3.23. The van der Waals surface area contributed by atoms with Crippen molar-refractivity contribution in [3.63, 3.8) is 0 Å². The number of thioether (sulfide) groups is 1. The second kappa shape index (κ2) is 10.2. The number of amides is 1. The maximum atomic E-state index is 13.0. The van der Waals surface area contributed by atoms with E-state index in [9.17, 15) is 9.18 Å². The number of nitrogens with zero attached hydrogens (tertiary/aromatic N) is 2. The average molecular weight is 452 g/mol. The van der Waals surface area contributed by atoms with Crippen LogP contribution in [0.3, 0.4) is 0 Å². The van der Waals surface area contributed by atoms with Crippen molar-refractivity contribution in [3.8, 4) is 5.75 Å². The number of thiazole rings is 1. The number of halogens is 1. The van der Waals surface area contributed by atoms with Gasteiger partial charge in [0.25, 0.3) is 5.91 Å². The number of ether oxygens (including phenoxy) is 1. The molecule has 1 aromatic heterocycles. The molecule has 0 saturated heterocycles. The fraction of sp³-hybridized carbons (Fsp3) is 0.0870. The number of nitrogens with one attached hydrogen (secondary N) is 1. The molecule has 4 aromatic rings. The number of para-hydroxylation sites is 1. The lowest BCUT2D eigenvalue weighted by molar-refractivity contribution is -0.118. The molecule has 0 atom stereocenters. The minimum absolute atomic E-state index is 0.204. The van der Waals surface area contributed by atoms with Gasteiger partial charge < -0.3 is 4.74 Å². The van der Waals surface area contributed by atoms with Crippen molar-refractivity contribution < 1.29 is 13.9 Å². The van der Waals surface area contributed by atoms with Gasteiger partial charge in [0.1, 0.15) is 18.2 Å². The second-order valence-electron chi connectivity index (χ2n) is 6.52. The second-order valence-corrected chi connectivity index (χ2v) is 8.77. The van der Waals surface area contributed by atoms with Gasteiger partial charge in [0, 0.05) is 0 Å². The number of carbonyl (C=O) groups is 1. The van der Waals surface area contributed by atoms with Crippen LogP contribution in [0.25, 0.3) is 10.2 Å². The summed E-state index contributed by atoms with van der Waals surface area (Å²) < 4.78 is 20.7. The molecule has 4 rings (SSSR count). The molecule has 0 fully saturated rings. The van der Waals surface area contributed by atoms with Crippen LogP contribution in [0.1, 0.15) is 11.1 Å². The highest BCUT2D eigenvalue weighted by molar-refractivity contribution is 8.01. The summed E-state index contributed by atoms with van der Waals surface area (Å²) in [6.45, 7) is 0.334. The Morgan fingerprint density at radius 1 is 1.13 bits per heavy atom. The van der Waals surface area contributed by atoms with Gasteiger partial charge in [-0.3, -0.25) is 4.79 Å². The third kappa shape index (κ3) is 6.13. The van der Waals surface area contributed by atoms with Gasteiger partial charge in [0.15, 0.2) is 4.34 Å². The van der Waals surface area contributed by atoms with Gasteiger partial charge in [-0.25, -0.2) is 14.8 Å². The van der Waals surface area contributed by atoms with Crippen LogP contribution >= 0.6 is 23.1 Å². The normalized spacial score (nSPS) is 11.1. The molecule has 0 bridgehead atoms. The molecule has 0 radical (unpaired) electrons. The van der Waals surface area contributed by atoms with Crippen LogP contribution in [-0.2, 0) is 11.4 Å². The van der Waals surface area contributed by atoms with E-state index in [4.69, 9.17) is 4.74 Å². The zero-order valence-corrected chi connectivity index (χ0v) is 18.0. The van der Waals surface area contributed by atoms with Gasteiger partial charge >= 0.3 is 0 Å². The molecule has 1 amide bonds. The molecule has 0 spiro atoms. The number of hydrazone groups is 1. The van der Waals surface area contributed by atoms with E-state index in [0.717, 1.165) is 25.7 Å². The molecule has 0 aliphatic carbocycles. The zero-order chi connectivity index (χ0) is 21.5. The van der Waals surface area contributed by atoms with Crippen LogP contribution in [0, 0.1) is 5.82 Å². The van der Waals surface area contributed by atoms with Gasteiger partial charge in [0.05, 0.1) is 22.2 Å². The Bertz CT molecular complexity index is 1180. The van der Waals surface area contributed by atoms with Crippen molar-refractivity contribution in [2.75, 3.05) is 5.75 Å². The maximum Gasteiger partial charge on any atom is 0.250 e. The third-order valence-electron chi connectivity index (χ3n) is 4.18. The Balaban J connectivity index is 1.25. The number of rotatable bonds is 8. The number of fused-ring (bicyclic) bond motifs is 1. The molecule has 8 heteroatoms. The Morgan fingerprint density at radius 3 is 2.81 bits per heavy atom. The van der Waals surface area contributed by atoms with Crippen molar-refractivity contribution in [2.24, 2.45) is 5.10 Å². The van der Waals surface area contributed by atoms with Crippen LogP contribution < -0.4 is 10.2 Å². The lowest BCUT2D eigenvalue weighted by Gasteiger charge is -2.07. The molecule has 0 aliphatic heterocycles. The molecule has 156 valence electrons. The molecule has 5 nitrogen and oxygen atoms in total. The zero-order valence-electron chi connectivity index (χ0n) is 16.3. The average Bonchev–Trinajstić information content (AvgIpc) is 3.21. The molecule has 1 heterocycles. The van der Waals surface area contributed by atoms with E-state index in [1.165, 1.54) is 23.9 Å². The minimum Gasteiger partial charge on any atom is -0.489 e. The summed E-state index contributed by atoms with van der Waals surface area (Å²) >= 11 is 2.95. The molecular weight excluding hydrogens is 433 g/mol. The van der Waals surface area contributed by atoms with Crippen molar-refractivity contribution >= 4 is 45.4 Å². The first-order valence-corrected chi connectivity index (χ1v) is 11.2. The number of hydrogen-bond donors (Lipinski definition) is 1. The monoisotopic (exact) mass is 451 g/mol. The SMILES string of the molecule is O=C(CSc1nc2ccccc2s1)N/N=C/c1cccc(OCc2ccc(F)cc2)c1. The quantitative estimate of drug-likeness (QED) is 0.226. The first kappa shape index (κ1) is 21.0. The number of aromatic nitrogens is 1. The summed E-state index contributed by atoms with van der Waals surface area (Å²) in [5.74, 6) is 0.413. The van der Waals surface area contributed by atoms with Crippen LogP contribution in [0.5, 0.6) is 5.75 Å². The smallest absolute Gasteiger partial charge is 0.250 e. The van der Waals surface area contributed by atoms with E-state index >= 15 is 0 Å². The van der Waals surface area contributed by atoms with Crippen molar-refractivity contribution in [3.05, 3.63) is 89.7 Å². The lowest BCUT2D eigenvalue weighted by Crippen LogP contribution is -2.19. The van der Waals surface area contributed by atoms with Gasteiger partial charge in [-0.2, -0.15) is 5.10 Å². The molecular formula is C23H18FN3O2S2. The summed E-state index contributed by atoms with van der Waals surface area (Å²) in [7, 11) is 0. The van der Waals surface area contributed by atoms with Gasteiger partial charge in [-0.05, 0) is 47.5 Å². The highest BCUT2D eigenvalue weighted by atomic mass is 32.2. The van der Waals surface area contributed by atoms with Crippen LogP contribution in [-0.4, -0.2) is 22.9 Å². The Morgan fingerprint density at radius 2 is 1.97 bits per heavy atom. The predicted octanol–water partition coefficient (Wildman–Crippen LogP) is 5.26. The van der Waals surface area contributed by atoms with E-state index in [2.05, 4.69) is 15.5 Å². The molecule has 0 unspecified atom stereocenters. The van der Waals surface area contributed by atoms with Crippen molar-refractivity contribution in [1.29, 1.82) is 0 Å². The van der Waals surface area contributed by atoms with Crippen molar-refractivity contribution in [2.45, 2.75) is 10.9 Å². The molecule has 0 aliphatic rings. The minimum atomic E-state index is -0.275. The van der Waals surface area contributed by atoms with Gasteiger partial charge in [-0.15, -0.1) is 11.3 Å². The first-order chi connectivity index (χ1) is 15.2. The highest BCUT2D eigenvalue weighted by Gasteiger charge is 2.07. The summed E-state index contributed by atoms with van der Waals surface area (Å²) in [6, 6.07) is 21.4. The van der Waals surface area contributed by atoms with E-state index in [1.54, 1.807) is 29.7 Å². The Labute approximate surface area is 187 Å². The summed E-state index contributed by atoms with van der Waals surface area (Å²) in [4.78, 5) is 16.5. The topological polar surface area (TPSA) is 63.6 Å². The van der Waals surface area contributed by atoms with E-state index < -0.39 is 0 Å². The van der Waals surface area contributed by atoms with E-state index in [1.807, 2.05) is 48.5 Å². The maximum absolute atomic E-state index is 13.0. The molecule has 1 N–H and O–H groups in total. The third-order valence-corrected chi connectivity index (χ3v) is 6.36. The fourth-order valence-electron chi connectivity index (χ4n) is 2.68. The largest absolute Gasteiger partial charge is 0.489 e. The molecule has 3 aromatic carbocycles. The summed E-state index contributed by atoms with van der Waals surface area (Å²) in [5, 5.41) is 4.01. The number of hydrogen-bond acceptors (Lipinski definition) is 6. The van der Waals surface area contributed by atoms with E-state index in [0.29, 0.717) is 12.4 Å². The van der Waals surface area contributed by atoms with Crippen LogP contribution in [0.15, 0.2) is 82.2 Å². The van der Waals surface area contributed by atoms with Crippen LogP contribution in [0.4, 0.5) is 4.39 Å². The van der Waals surface area contributed by atoms with E-state index in [-0.39, 0.29) is 17.5 Å². The summed E-state index contributed by atoms with van der Waals surface area (Å²) in [5.41, 5.74) is 5.13. The number of benzene rings is 3. The highest BCUT2D eigenvalue weighted by Crippen LogP contribution is 2.29. The molecule has 31 heavy (non-hydrogen) atoms. The van der Waals surface area contributed by atoms with Crippen LogP contribution in [0.2, 0.25) is 0 Å². The van der Waals surface area contributed by atoms with Gasteiger partial charge in [-0.1, -0.05) is 48.2 Å². The van der Waals surface area contributed by atoms with Crippen molar-refractivity contribution in [1.82, 2.24) is 10.4 Å². The lowest BCUT2D eigenvalue weighted by atomic mass is 10.2. The predicted molar refractivity (Wildman–Crippen MR) is 123 cm³/mol.